The van der Waals surface area contributed by atoms with Crippen LogP contribution in [0.1, 0.15) is 32.1 Å². The summed E-state index contributed by atoms with van der Waals surface area (Å²) in [4.78, 5) is 24.6. The number of anilines is 1. The molecule has 134 valence electrons. The van der Waals surface area contributed by atoms with Gasteiger partial charge in [0.05, 0.1) is 12.5 Å². The molecule has 7 heteroatoms. The SMILES string of the molecule is O=C(C[C@H]1[NH2+][C@@H]2CCCC[C@@H]2NC1=O)Nc1ccc2c(c1)OCCO2. The Morgan fingerprint density at radius 1 is 1.20 bits per heavy atom. The number of ether oxygens (including phenoxy) is 2. The average Bonchev–Trinajstić information content (AvgIpc) is 2.62. The van der Waals surface area contributed by atoms with Gasteiger partial charge in [-0.3, -0.25) is 9.59 Å². The van der Waals surface area contributed by atoms with Crippen molar-refractivity contribution in [3.05, 3.63) is 18.2 Å². The lowest BCUT2D eigenvalue weighted by Gasteiger charge is -2.37. The maximum Gasteiger partial charge on any atom is 0.279 e. The van der Waals surface area contributed by atoms with Gasteiger partial charge in [-0.1, -0.05) is 6.42 Å². The number of carbonyl (C=O) groups excluding carboxylic acids is 2. The highest BCUT2D eigenvalue weighted by molar-refractivity contribution is 5.95. The number of benzene rings is 1. The van der Waals surface area contributed by atoms with E-state index < -0.39 is 0 Å². The molecule has 2 amide bonds. The first-order valence-electron chi connectivity index (χ1n) is 9.04. The molecule has 4 rings (SSSR count). The predicted molar refractivity (Wildman–Crippen MR) is 90.6 cm³/mol. The maximum absolute atomic E-state index is 12.4. The van der Waals surface area contributed by atoms with Crippen LogP contribution in [0.25, 0.3) is 0 Å². The molecular weight excluding hydrogens is 322 g/mol. The number of amides is 2. The Bertz CT molecular complexity index is 678. The van der Waals surface area contributed by atoms with Crippen molar-refractivity contribution in [2.45, 2.75) is 50.2 Å². The summed E-state index contributed by atoms with van der Waals surface area (Å²) in [6.07, 6.45) is 4.69. The highest BCUT2D eigenvalue weighted by atomic mass is 16.6. The van der Waals surface area contributed by atoms with Crippen LogP contribution in [0.2, 0.25) is 0 Å². The molecule has 1 saturated carbocycles. The fourth-order valence-corrected chi connectivity index (χ4v) is 3.94. The predicted octanol–water partition coefficient (Wildman–Crippen LogP) is 0.159. The molecule has 0 aromatic heterocycles. The van der Waals surface area contributed by atoms with E-state index in [2.05, 4.69) is 16.0 Å². The van der Waals surface area contributed by atoms with E-state index in [4.69, 9.17) is 9.47 Å². The van der Waals surface area contributed by atoms with Crippen molar-refractivity contribution in [1.82, 2.24) is 5.32 Å². The third kappa shape index (κ3) is 3.56. The molecule has 0 bridgehead atoms. The molecule has 1 aromatic rings. The van der Waals surface area contributed by atoms with E-state index in [9.17, 15) is 9.59 Å². The van der Waals surface area contributed by atoms with Crippen LogP contribution in [0, 0.1) is 0 Å². The van der Waals surface area contributed by atoms with Gasteiger partial charge in [0, 0.05) is 18.2 Å². The quantitative estimate of drug-likeness (QED) is 0.727. The molecule has 0 unspecified atom stereocenters. The summed E-state index contributed by atoms with van der Waals surface area (Å²) in [5.74, 6) is 1.13. The van der Waals surface area contributed by atoms with Gasteiger partial charge in [-0.05, 0) is 25.0 Å². The Hall–Kier alpha value is -2.28. The summed E-state index contributed by atoms with van der Waals surface area (Å²) >= 11 is 0. The Morgan fingerprint density at radius 2 is 2.00 bits per heavy atom. The largest absolute Gasteiger partial charge is 0.486 e. The second-order valence-electron chi connectivity index (χ2n) is 6.97. The second kappa shape index (κ2) is 6.92. The zero-order valence-corrected chi connectivity index (χ0v) is 14.1. The van der Waals surface area contributed by atoms with Gasteiger partial charge in [0.25, 0.3) is 5.91 Å². The summed E-state index contributed by atoms with van der Waals surface area (Å²) in [6.45, 7) is 1.04. The van der Waals surface area contributed by atoms with Gasteiger partial charge in [0.15, 0.2) is 17.5 Å². The lowest BCUT2D eigenvalue weighted by atomic mass is 9.87. The number of quaternary nitrogens is 1. The minimum Gasteiger partial charge on any atom is -0.486 e. The monoisotopic (exact) mass is 346 g/mol. The topological polar surface area (TPSA) is 93.3 Å². The van der Waals surface area contributed by atoms with E-state index in [0.717, 1.165) is 12.8 Å². The molecule has 1 aromatic carbocycles. The molecule has 3 atom stereocenters. The average molecular weight is 346 g/mol. The minimum absolute atomic E-state index is 0.0273. The first-order chi connectivity index (χ1) is 12.2. The smallest absolute Gasteiger partial charge is 0.279 e. The van der Waals surface area contributed by atoms with Crippen LogP contribution >= 0.6 is 0 Å². The Morgan fingerprint density at radius 3 is 2.88 bits per heavy atom. The summed E-state index contributed by atoms with van der Waals surface area (Å²) in [6, 6.07) is 5.64. The fourth-order valence-electron chi connectivity index (χ4n) is 3.94. The normalized spacial score (nSPS) is 27.8. The van der Waals surface area contributed by atoms with Crippen molar-refractivity contribution in [2.75, 3.05) is 18.5 Å². The van der Waals surface area contributed by atoms with Gasteiger partial charge in [-0.25, -0.2) is 0 Å². The van der Waals surface area contributed by atoms with E-state index in [-0.39, 0.29) is 30.3 Å². The molecular formula is C18H24N3O4+. The molecule has 1 saturated heterocycles. The zero-order chi connectivity index (χ0) is 17.2. The van der Waals surface area contributed by atoms with Crippen molar-refractivity contribution < 1.29 is 24.4 Å². The summed E-state index contributed by atoms with van der Waals surface area (Å²) in [5, 5.41) is 8.04. The molecule has 2 fully saturated rings. The van der Waals surface area contributed by atoms with E-state index in [0.29, 0.717) is 36.4 Å². The molecule has 3 aliphatic rings. The molecule has 2 heterocycles. The van der Waals surface area contributed by atoms with Crippen molar-refractivity contribution in [3.8, 4) is 11.5 Å². The van der Waals surface area contributed by atoms with E-state index in [1.54, 1.807) is 18.2 Å². The standard InChI is InChI=1S/C18H23N3O4/c22-17(19-11-5-6-15-16(9-11)25-8-7-24-15)10-14-18(23)21-13-4-2-1-3-12(13)20-14/h5-6,9,12-14,20H,1-4,7-8,10H2,(H,19,22)(H,21,23)/p+1/t12-,13+,14-/m1/s1. The molecule has 4 N–H and O–H groups in total. The molecule has 2 aliphatic heterocycles. The minimum atomic E-state index is -0.350. The van der Waals surface area contributed by atoms with Crippen LogP contribution in [0.4, 0.5) is 5.69 Å². The zero-order valence-electron chi connectivity index (χ0n) is 14.1. The number of carbonyl (C=O) groups is 2. The summed E-state index contributed by atoms with van der Waals surface area (Å²) < 4.78 is 11.0. The van der Waals surface area contributed by atoms with E-state index in [1.807, 2.05) is 0 Å². The van der Waals surface area contributed by atoms with Crippen molar-refractivity contribution in [1.29, 1.82) is 0 Å². The van der Waals surface area contributed by atoms with Gasteiger partial charge < -0.3 is 25.4 Å². The van der Waals surface area contributed by atoms with E-state index in [1.165, 1.54) is 12.8 Å². The van der Waals surface area contributed by atoms with Gasteiger partial charge in [-0.15, -0.1) is 0 Å². The van der Waals surface area contributed by atoms with Crippen LogP contribution in [-0.4, -0.2) is 43.2 Å². The number of fused-ring (bicyclic) bond motifs is 2. The highest BCUT2D eigenvalue weighted by Gasteiger charge is 2.40. The van der Waals surface area contributed by atoms with Gasteiger partial charge >= 0.3 is 0 Å². The number of rotatable bonds is 3. The Balaban J connectivity index is 1.36. The van der Waals surface area contributed by atoms with Crippen LogP contribution in [0.15, 0.2) is 18.2 Å². The van der Waals surface area contributed by atoms with Crippen LogP contribution in [-0.2, 0) is 9.59 Å². The summed E-state index contributed by atoms with van der Waals surface area (Å²) in [5.41, 5.74) is 0.654. The molecule has 25 heavy (non-hydrogen) atoms. The van der Waals surface area contributed by atoms with E-state index >= 15 is 0 Å². The lowest BCUT2D eigenvalue weighted by molar-refractivity contribution is -0.718. The van der Waals surface area contributed by atoms with Crippen LogP contribution in [0.3, 0.4) is 0 Å². The number of piperazine rings is 1. The number of hydrogen-bond donors (Lipinski definition) is 3. The first kappa shape index (κ1) is 16.2. The Kier molecular flexibility index (Phi) is 4.48. The third-order valence-corrected chi connectivity index (χ3v) is 5.19. The second-order valence-corrected chi connectivity index (χ2v) is 6.97. The number of nitrogens with one attached hydrogen (secondary N) is 2. The third-order valence-electron chi connectivity index (χ3n) is 5.19. The first-order valence-corrected chi connectivity index (χ1v) is 9.04. The number of hydrogen-bond acceptors (Lipinski definition) is 4. The Labute approximate surface area is 146 Å². The van der Waals surface area contributed by atoms with Crippen molar-refractivity contribution in [3.63, 3.8) is 0 Å². The molecule has 7 nitrogen and oxygen atoms in total. The highest BCUT2D eigenvalue weighted by Crippen LogP contribution is 2.32. The van der Waals surface area contributed by atoms with Crippen LogP contribution in [0.5, 0.6) is 11.5 Å². The number of nitrogens with two attached hydrogens (primary N) is 1. The lowest BCUT2D eigenvalue weighted by Crippen LogP contribution is -3.03. The van der Waals surface area contributed by atoms with Gasteiger partial charge in [-0.2, -0.15) is 0 Å². The van der Waals surface area contributed by atoms with Crippen LogP contribution < -0.4 is 25.4 Å². The van der Waals surface area contributed by atoms with Gasteiger partial charge in [0.1, 0.15) is 19.3 Å². The molecule has 1 aliphatic carbocycles. The van der Waals surface area contributed by atoms with Crippen molar-refractivity contribution >= 4 is 17.5 Å². The van der Waals surface area contributed by atoms with Crippen molar-refractivity contribution in [2.24, 2.45) is 0 Å². The maximum atomic E-state index is 12.4. The fraction of sp³-hybridized carbons (Fsp3) is 0.556. The molecule has 0 radical (unpaired) electrons. The summed E-state index contributed by atoms with van der Waals surface area (Å²) in [7, 11) is 0. The van der Waals surface area contributed by atoms with Gasteiger partial charge in [0.2, 0.25) is 5.91 Å². The molecule has 0 spiro atoms.